The number of pyridine rings is 1. The lowest BCUT2D eigenvalue weighted by Gasteiger charge is -2.33. The van der Waals surface area contributed by atoms with Crippen LogP contribution in [0.1, 0.15) is 22.9 Å². The molecule has 0 bridgehead atoms. The third-order valence-corrected chi connectivity index (χ3v) is 3.58. The third-order valence-electron chi connectivity index (χ3n) is 3.58. The van der Waals surface area contributed by atoms with Crippen LogP contribution in [-0.4, -0.2) is 18.1 Å². The summed E-state index contributed by atoms with van der Waals surface area (Å²) in [4.78, 5) is 16.7. The van der Waals surface area contributed by atoms with Gasteiger partial charge in [-0.2, -0.15) is 13.2 Å². The molecule has 3 rings (SSSR count). The second-order valence-corrected chi connectivity index (χ2v) is 4.98. The molecule has 1 unspecified atom stereocenters. The number of carbonyl (C=O) groups excluding carboxylic acids is 1. The van der Waals surface area contributed by atoms with Crippen LogP contribution in [0.4, 0.5) is 23.7 Å². The van der Waals surface area contributed by atoms with Gasteiger partial charge in [0, 0.05) is 12.6 Å². The Balaban J connectivity index is 2.16. The van der Waals surface area contributed by atoms with Gasteiger partial charge in [0.05, 0.1) is 17.9 Å². The van der Waals surface area contributed by atoms with Crippen LogP contribution in [0.15, 0.2) is 42.6 Å². The summed E-state index contributed by atoms with van der Waals surface area (Å²) >= 11 is 0. The number of hydrogen-bond donors (Lipinski definition) is 1. The molecule has 0 aliphatic carbocycles. The minimum Gasteiger partial charge on any atom is -0.327 e. The Morgan fingerprint density at radius 3 is 2.55 bits per heavy atom. The van der Waals surface area contributed by atoms with Crippen LogP contribution in [0.25, 0.3) is 0 Å². The largest absolute Gasteiger partial charge is 0.433 e. The maximum atomic E-state index is 12.9. The van der Waals surface area contributed by atoms with E-state index in [0.29, 0.717) is 16.8 Å². The van der Waals surface area contributed by atoms with E-state index in [1.807, 2.05) is 0 Å². The zero-order chi connectivity index (χ0) is 15.9. The third kappa shape index (κ3) is 2.38. The number of amides is 2. The molecule has 0 fully saturated rings. The molecule has 22 heavy (non-hydrogen) atoms. The summed E-state index contributed by atoms with van der Waals surface area (Å²) in [5, 5.41) is 2.71. The minimum atomic E-state index is -4.53. The van der Waals surface area contributed by atoms with Gasteiger partial charge in [0.15, 0.2) is 0 Å². The van der Waals surface area contributed by atoms with Gasteiger partial charge in [-0.25, -0.2) is 9.78 Å². The highest BCUT2D eigenvalue weighted by atomic mass is 19.4. The second kappa shape index (κ2) is 5.01. The molecule has 4 nitrogen and oxygen atoms in total. The first kappa shape index (κ1) is 14.4. The Morgan fingerprint density at radius 1 is 1.23 bits per heavy atom. The smallest absolute Gasteiger partial charge is 0.327 e. The number of carbonyl (C=O) groups is 1. The monoisotopic (exact) mass is 307 g/mol. The predicted octanol–water partition coefficient (Wildman–Crippen LogP) is 3.35. The fraction of sp³-hybridized carbons (Fsp3) is 0.200. The van der Waals surface area contributed by atoms with Crippen molar-refractivity contribution >= 4 is 11.7 Å². The van der Waals surface area contributed by atoms with E-state index in [9.17, 15) is 18.0 Å². The first-order valence-corrected chi connectivity index (χ1v) is 6.54. The molecule has 0 spiro atoms. The van der Waals surface area contributed by atoms with E-state index in [1.165, 1.54) is 11.9 Å². The molecule has 7 heteroatoms. The SMILES string of the molecule is CN1C(=O)NC(c2ccccc2)c2cc(C(F)(F)F)ncc21. The Hall–Kier alpha value is -2.57. The van der Waals surface area contributed by atoms with Gasteiger partial charge >= 0.3 is 12.2 Å². The van der Waals surface area contributed by atoms with Gasteiger partial charge in [-0.1, -0.05) is 30.3 Å². The minimum absolute atomic E-state index is 0.366. The van der Waals surface area contributed by atoms with Crippen molar-refractivity contribution in [2.45, 2.75) is 12.2 Å². The lowest BCUT2D eigenvalue weighted by Crippen LogP contribution is -2.45. The van der Waals surface area contributed by atoms with Crippen LogP contribution in [-0.2, 0) is 6.18 Å². The molecule has 2 heterocycles. The summed E-state index contributed by atoms with van der Waals surface area (Å²) in [6.45, 7) is 0. The topological polar surface area (TPSA) is 45.2 Å². The van der Waals surface area contributed by atoms with E-state index in [4.69, 9.17) is 0 Å². The van der Waals surface area contributed by atoms with Gasteiger partial charge in [-0.3, -0.25) is 4.90 Å². The highest BCUT2D eigenvalue weighted by Gasteiger charge is 2.36. The van der Waals surface area contributed by atoms with Crippen molar-refractivity contribution in [3.8, 4) is 0 Å². The summed E-state index contributed by atoms with van der Waals surface area (Å²) in [5.74, 6) is 0. The number of nitrogens with zero attached hydrogens (tertiary/aromatic N) is 2. The van der Waals surface area contributed by atoms with Crippen molar-refractivity contribution in [2.75, 3.05) is 11.9 Å². The van der Waals surface area contributed by atoms with Gasteiger partial charge in [0.2, 0.25) is 0 Å². The highest BCUT2D eigenvalue weighted by molar-refractivity contribution is 5.95. The average Bonchev–Trinajstić information content (AvgIpc) is 2.50. The molecule has 2 amide bonds. The molecule has 1 aromatic heterocycles. The number of rotatable bonds is 1. The molecule has 0 saturated carbocycles. The number of urea groups is 1. The number of benzene rings is 1. The van der Waals surface area contributed by atoms with Crippen molar-refractivity contribution < 1.29 is 18.0 Å². The Kier molecular flexibility index (Phi) is 3.27. The summed E-state index contributed by atoms with van der Waals surface area (Å²) in [7, 11) is 1.49. The van der Waals surface area contributed by atoms with E-state index in [1.54, 1.807) is 30.3 Å². The normalized spacial score (nSPS) is 17.9. The lowest BCUT2D eigenvalue weighted by molar-refractivity contribution is -0.141. The summed E-state index contributed by atoms with van der Waals surface area (Å²) in [6.07, 6.45) is -3.44. The molecule has 0 radical (unpaired) electrons. The zero-order valence-electron chi connectivity index (χ0n) is 11.6. The molecule has 114 valence electrons. The maximum absolute atomic E-state index is 12.9. The summed E-state index contributed by atoms with van der Waals surface area (Å²) in [6, 6.07) is 8.82. The van der Waals surface area contributed by atoms with Crippen LogP contribution in [0.2, 0.25) is 0 Å². The van der Waals surface area contributed by atoms with E-state index < -0.39 is 17.9 Å². The van der Waals surface area contributed by atoms with Crippen LogP contribution in [0.5, 0.6) is 0 Å². The molecule has 1 atom stereocenters. The molecular formula is C15H12F3N3O. The van der Waals surface area contributed by atoms with Gasteiger partial charge in [-0.15, -0.1) is 0 Å². The molecule has 1 aliphatic rings. The van der Waals surface area contributed by atoms with Crippen molar-refractivity contribution in [3.05, 3.63) is 59.4 Å². The summed E-state index contributed by atoms with van der Waals surface area (Å²) in [5.41, 5.74) is 0.475. The number of fused-ring (bicyclic) bond motifs is 1. The van der Waals surface area contributed by atoms with Crippen molar-refractivity contribution in [3.63, 3.8) is 0 Å². The van der Waals surface area contributed by atoms with Gasteiger partial charge in [0.1, 0.15) is 5.69 Å². The van der Waals surface area contributed by atoms with E-state index in [-0.39, 0.29) is 6.03 Å². The Bertz CT molecular complexity index is 716. The van der Waals surface area contributed by atoms with Crippen LogP contribution < -0.4 is 10.2 Å². The number of hydrogen-bond acceptors (Lipinski definition) is 2. The van der Waals surface area contributed by atoms with Crippen molar-refractivity contribution in [2.24, 2.45) is 0 Å². The van der Waals surface area contributed by atoms with Crippen molar-refractivity contribution in [1.29, 1.82) is 0 Å². The second-order valence-electron chi connectivity index (χ2n) is 4.98. The van der Waals surface area contributed by atoms with E-state index in [0.717, 1.165) is 12.3 Å². The molecule has 0 saturated heterocycles. The molecule has 1 aromatic carbocycles. The molecule has 2 aromatic rings. The lowest BCUT2D eigenvalue weighted by atomic mass is 9.95. The quantitative estimate of drug-likeness (QED) is 0.878. The molecule has 1 aliphatic heterocycles. The van der Waals surface area contributed by atoms with Crippen LogP contribution >= 0.6 is 0 Å². The van der Waals surface area contributed by atoms with E-state index >= 15 is 0 Å². The number of anilines is 1. The van der Waals surface area contributed by atoms with E-state index in [2.05, 4.69) is 10.3 Å². The van der Waals surface area contributed by atoms with Gasteiger partial charge in [-0.05, 0) is 11.6 Å². The Morgan fingerprint density at radius 2 is 1.91 bits per heavy atom. The number of halogens is 3. The molecular weight excluding hydrogens is 295 g/mol. The van der Waals surface area contributed by atoms with Crippen molar-refractivity contribution in [1.82, 2.24) is 10.3 Å². The fourth-order valence-electron chi connectivity index (χ4n) is 2.45. The average molecular weight is 307 g/mol. The number of aromatic nitrogens is 1. The zero-order valence-corrected chi connectivity index (χ0v) is 11.6. The first-order valence-electron chi connectivity index (χ1n) is 6.54. The van der Waals surface area contributed by atoms with Gasteiger partial charge in [0.25, 0.3) is 0 Å². The fourth-order valence-corrected chi connectivity index (χ4v) is 2.45. The number of alkyl halides is 3. The number of nitrogens with one attached hydrogen (secondary N) is 1. The standard InChI is InChI=1S/C15H12F3N3O/c1-21-11-8-19-12(15(16,17)18)7-10(11)13(20-14(21)22)9-5-3-2-4-6-9/h2-8,13H,1H3,(H,20,22). The van der Waals surface area contributed by atoms with Gasteiger partial charge < -0.3 is 5.32 Å². The Labute approximate surface area is 124 Å². The van der Waals surface area contributed by atoms with Crippen LogP contribution in [0, 0.1) is 0 Å². The van der Waals surface area contributed by atoms with Crippen LogP contribution in [0.3, 0.4) is 0 Å². The summed E-state index contributed by atoms with van der Waals surface area (Å²) < 4.78 is 38.7. The first-order chi connectivity index (χ1) is 10.4. The highest BCUT2D eigenvalue weighted by Crippen LogP contribution is 2.37. The maximum Gasteiger partial charge on any atom is 0.433 e. The molecule has 1 N–H and O–H groups in total. The predicted molar refractivity (Wildman–Crippen MR) is 74.5 cm³/mol.